The van der Waals surface area contributed by atoms with E-state index in [1.807, 2.05) is 0 Å². The van der Waals surface area contributed by atoms with Crippen LogP contribution in [-0.4, -0.2) is 37.6 Å². The molecule has 4 aromatic rings. The lowest BCUT2D eigenvalue weighted by molar-refractivity contribution is -0.138. The Balaban J connectivity index is 1.95. The number of methoxy groups -OCH3 is 1. The number of benzene rings is 2. The zero-order valence-electron chi connectivity index (χ0n) is 20.3. The fourth-order valence-electron chi connectivity index (χ4n) is 3.87. The first-order valence-electron chi connectivity index (χ1n) is 10.9. The second kappa shape index (κ2) is 10.3. The number of halogens is 5. The predicted molar refractivity (Wildman–Crippen MR) is 137 cm³/mol. The monoisotopic (exact) mass is 603 g/mol. The van der Waals surface area contributed by atoms with Crippen LogP contribution in [0.5, 0.6) is 0 Å². The molecule has 2 heterocycles. The molecule has 0 radical (unpaired) electrons. The van der Waals surface area contributed by atoms with Gasteiger partial charge in [-0.3, -0.25) is 9.36 Å². The molecule has 0 unspecified atom stereocenters. The van der Waals surface area contributed by atoms with E-state index in [1.165, 1.54) is 26.1 Å². The van der Waals surface area contributed by atoms with Crippen LogP contribution in [-0.2, 0) is 28.0 Å². The van der Waals surface area contributed by atoms with Crippen LogP contribution in [0.2, 0.25) is 10.0 Å². The Morgan fingerprint density at radius 2 is 1.87 bits per heavy atom. The Bertz CT molecular complexity index is 1780. The van der Waals surface area contributed by atoms with Crippen LogP contribution < -0.4 is 10.1 Å². The third-order valence-corrected chi connectivity index (χ3v) is 8.06. The Morgan fingerprint density at radius 1 is 1.18 bits per heavy atom. The van der Waals surface area contributed by atoms with Gasteiger partial charge in [0.25, 0.3) is 10.0 Å². The van der Waals surface area contributed by atoms with E-state index >= 15 is 0 Å². The maximum absolute atomic E-state index is 13.8. The molecular weight excluding hydrogens is 586 g/mol. The summed E-state index contributed by atoms with van der Waals surface area (Å²) < 4.78 is 79.9. The molecule has 0 spiro atoms. The van der Waals surface area contributed by atoms with E-state index < -0.39 is 56.3 Å². The smallest absolute Gasteiger partial charge is 0.407 e. The number of hydrogen-bond acceptors (Lipinski definition) is 7. The molecule has 2 aromatic heterocycles. The van der Waals surface area contributed by atoms with Crippen molar-refractivity contribution in [3.63, 3.8) is 0 Å². The minimum atomic E-state index is -4.82. The summed E-state index contributed by atoms with van der Waals surface area (Å²) in [4.78, 5) is 29.2. The predicted octanol–water partition coefficient (Wildman–Crippen LogP) is 5.19. The molecule has 4 rings (SSSR count). The summed E-state index contributed by atoms with van der Waals surface area (Å²) in [7, 11) is -2.22. The molecule has 0 saturated carbocycles. The van der Waals surface area contributed by atoms with Gasteiger partial charge in [-0.25, -0.2) is 22.5 Å². The number of oxazole rings is 1. The van der Waals surface area contributed by atoms with Gasteiger partial charge in [0.2, 0.25) is 5.78 Å². The molecule has 0 N–H and O–H groups in total. The number of pyridine rings is 1. The summed E-state index contributed by atoms with van der Waals surface area (Å²) in [6, 6.07) is 6.39. The Hall–Kier alpha value is -3.39. The molecule has 0 bridgehead atoms. The van der Waals surface area contributed by atoms with E-state index in [2.05, 4.69) is 4.98 Å². The number of fused-ring (bicyclic) bond motifs is 1. The van der Waals surface area contributed by atoms with Crippen molar-refractivity contribution >= 4 is 55.8 Å². The molecule has 0 aliphatic heterocycles. The van der Waals surface area contributed by atoms with Gasteiger partial charge in [-0.05, 0) is 42.8 Å². The van der Waals surface area contributed by atoms with Crippen molar-refractivity contribution < 1.29 is 35.5 Å². The molecule has 0 fully saturated rings. The first kappa shape index (κ1) is 28.6. The highest BCUT2D eigenvalue weighted by Gasteiger charge is 2.36. The fourth-order valence-corrected chi connectivity index (χ4v) is 5.66. The number of aromatic nitrogens is 2. The number of alkyl halides is 3. The van der Waals surface area contributed by atoms with Crippen molar-refractivity contribution in [1.29, 1.82) is 0 Å². The van der Waals surface area contributed by atoms with Crippen molar-refractivity contribution in [1.82, 2.24) is 9.55 Å². The number of carbonyl (C=O) groups excluding carboxylic acids is 1. The number of sulfonamides is 1. The van der Waals surface area contributed by atoms with Gasteiger partial charge in [0.15, 0.2) is 5.58 Å². The lowest BCUT2D eigenvalue weighted by atomic mass is 10.0. The first-order chi connectivity index (χ1) is 18.2. The van der Waals surface area contributed by atoms with Gasteiger partial charge in [0.05, 0.1) is 37.3 Å². The summed E-state index contributed by atoms with van der Waals surface area (Å²) in [5, 5.41) is -0.215. The normalized spacial score (nSPS) is 12.2. The van der Waals surface area contributed by atoms with Crippen molar-refractivity contribution in [3.05, 3.63) is 85.6 Å². The third kappa shape index (κ3) is 5.14. The minimum absolute atomic E-state index is 0.0895. The lowest BCUT2D eigenvalue weighted by Crippen LogP contribution is -2.34. The average molecular weight is 604 g/mol. The zero-order valence-corrected chi connectivity index (χ0v) is 22.7. The van der Waals surface area contributed by atoms with E-state index in [4.69, 9.17) is 32.4 Å². The van der Waals surface area contributed by atoms with Crippen LogP contribution in [0.3, 0.4) is 0 Å². The maximum atomic E-state index is 13.8. The van der Waals surface area contributed by atoms with Crippen LogP contribution in [0.1, 0.15) is 27.2 Å². The SMILES string of the molecule is COCN(c1cc(Cl)cnc1C(=O)c1c(Cl)ccc2c1oc(=O)n2C)S(=O)(=O)c1ccc(C)c(C(F)(F)F)c1. The highest BCUT2D eigenvalue weighted by molar-refractivity contribution is 7.92. The van der Waals surface area contributed by atoms with Crippen molar-refractivity contribution in [2.45, 2.75) is 18.0 Å². The molecule has 39 heavy (non-hydrogen) atoms. The molecule has 15 heteroatoms. The van der Waals surface area contributed by atoms with Crippen molar-refractivity contribution in [2.24, 2.45) is 7.05 Å². The second-order valence-corrected chi connectivity index (χ2v) is 11.0. The number of hydrogen-bond donors (Lipinski definition) is 0. The number of ketones is 1. The van der Waals surface area contributed by atoms with Gasteiger partial charge in [0.1, 0.15) is 12.4 Å². The Labute approximate surface area is 229 Å². The van der Waals surface area contributed by atoms with E-state index in [-0.39, 0.29) is 32.3 Å². The van der Waals surface area contributed by atoms with E-state index in [0.29, 0.717) is 10.4 Å². The summed E-state index contributed by atoms with van der Waals surface area (Å²) >= 11 is 12.4. The van der Waals surface area contributed by atoms with Gasteiger partial charge < -0.3 is 9.15 Å². The number of nitrogens with zero attached hydrogens (tertiary/aromatic N) is 3. The van der Waals surface area contributed by atoms with Crippen LogP contribution in [0, 0.1) is 6.92 Å². The highest BCUT2D eigenvalue weighted by Crippen LogP contribution is 2.36. The Kier molecular flexibility index (Phi) is 7.56. The summed E-state index contributed by atoms with van der Waals surface area (Å²) in [5.41, 5.74) is -2.47. The molecule has 2 aromatic carbocycles. The molecule has 0 amide bonds. The van der Waals surface area contributed by atoms with E-state index in [0.717, 1.165) is 36.1 Å². The largest absolute Gasteiger partial charge is 0.419 e. The Morgan fingerprint density at radius 3 is 2.51 bits per heavy atom. The first-order valence-corrected chi connectivity index (χ1v) is 13.1. The van der Waals surface area contributed by atoms with Gasteiger partial charge in [-0.2, -0.15) is 13.2 Å². The summed E-state index contributed by atoms with van der Waals surface area (Å²) in [6.45, 7) is 0.467. The lowest BCUT2D eigenvalue weighted by Gasteiger charge is -2.25. The fraction of sp³-hybridized carbons (Fsp3) is 0.208. The number of ether oxygens (including phenoxy) is 1. The maximum Gasteiger partial charge on any atom is 0.419 e. The van der Waals surface area contributed by atoms with E-state index in [9.17, 15) is 31.2 Å². The second-order valence-electron chi connectivity index (χ2n) is 8.29. The van der Waals surface area contributed by atoms with E-state index in [1.54, 1.807) is 0 Å². The van der Waals surface area contributed by atoms with Gasteiger partial charge in [0, 0.05) is 20.4 Å². The van der Waals surface area contributed by atoms with Crippen LogP contribution in [0.25, 0.3) is 11.1 Å². The molecular formula is C24H18Cl2F3N3O6S. The van der Waals surface area contributed by atoms with Gasteiger partial charge in [-0.15, -0.1) is 0 Å². The molecule has 0 saturated heterocycles. The third-order valence-electron chi connectivity index (χ3n) is 5.80. The molecule has 0 aliphatic rings. The standard InChI is InChI=1S/C24H18Cl2F3N3O6S/c1-12-4-5-14(9-15(12)24(27,28)29)39(35,36)32(11-37-3)18-8-13(25)10-30-20(18)21(33)19-16(26)6-7-17-22(19)38-23(34)31(17)2/h4-10H,11H2,1-3H3. The topological polar surface area (TPSA) is 112 Å². The number of anilines is 1. The van der Waals surface area contributed by atoms with Crippen molar-refractivity contribution in [2.75, 3.05) is 18.1 Å². The van der Waals surface area contributed by atoms with Crippen molar-refractivity contribution in [3.8, 4) is 0 Å². The molecule has 0 aliphatic carbocycles. The summed E-state index contributed by atoms with van der Waals surface area (Å²) in [6.07, 6.45) is -3.76. The molecule has 9 nitrogen and oxygen atoms in total. The van der Waals surface area contributed by atoms with Gasteiger partial charge in [-0.1, -0.05) is 29.3 Å². The average Bonchev–Trinajstić information content (AvgIpc) is 3.14. The summed E-state index contributed by atoms with van der Waals surface area (Å²) in [5.74, 6) is -1.73. The number of rotatable bonds is 7. The number of aryl methyl sites for hydroxylation is 2. The number of carbonyl (C=O) groups is 1. The highest BCUT2D eigenvalue weighted by atomic mass is 35.5. The van der Waals surface area contributed by atoms with Crippen LogP contribution in [0.4, 0.5) is 18.9 Å². The zero-order chi connectivity index (χ0) is 28.9. The minimum Gasteiger partial charge on any atom is -0.407 e. The molecule has 206 valence electrons. The van der Waals surface area contributed by atoms with Crippen LogP contribution in [0.15, 0.2) is 56.7 Å². The molecule has 0 atom stereocenters. The quantitative estimate of drug-likeness (QED) is 0.211. The van der Waals surface area contributed by atoms with Gasteiger partial charge >= 0.3 is 11.9 Å². The van der Waals surface area contributed by atoms with Crippen LogP contribution >= 0.6 is 23.2 Å².